The van der Waals surface area contributed by atoms with E-state index in [1.54, 1.807) is 17.5 Å². The average molecular weight is 478 g/mol. The molecule has 1 aliphatic heterocycles. The lowest BCUT2D eigenvalue weighted by Gasteiger charge is -2.27. The molecule has 1 N–H and O–H groups in total. The van der Waals surface area contributed by atoms with E-state index in [0.29, 0.717) is 5.11 Å². The first-order chi connectivity index (χ1) is 15.6. The topological polar surface area (TPSA) is 37.4 Å². The van der Waals surface area contributed by atoms with Crippen LogP contribution in [0.4, 0.5) is 5.69 Å². The number of aromatic nitrogens is 1. The summed E-state index contributed by atoms with van der Waals surface area (Å²) < 4.78 is 6.82. The number of para-hydroxylation sites is 1. The second-order valence-corrected chi connectivity index (χ2v) is 9.63. The van der Waals surface area contributed by atoms with Crippen molar-refractivity contribution >= 4 is 46.0 Å². The minimum absolute atomic E-state index is 0.0574. The number of ether oxygens (including phenoxy) is 1. The maximum absolute atomic E-state index is 6.29. The van der Waals surface area contributed by atoms with Crippen molar-refractivity contribution in [2.45, 2.75) is 19.0 Å². The number of aryl methyl sites for hydroxylation is 1. The van der Waals surface area contributed by atoms with Gasteiger partial charge in [-0.3, -0.25) is 4.98 Å². The van der Waals surface area contributed by atoms with E-state index in [1.807, 2.05) is 79.7 Å². The molecular formula is C25H20ClN3OS2. The molecule has 3 heterocycles. The molecule has 32 heavy (non-hydrogen) atoms. The lowest BCUT2D eigenvalue weighted by molar-refractivity contribution is 0.479. The molecule has 1 saturated heterocycles. The first-order valence-corrected chi connectivity index (χ1v) is 11.8. The minimum atomic E-state index is -0.0821. The van der Waals surface area contributed by atoms with E-state index < -0.39 is 0 Å². The Morgan fingerprint density at radius 3 is 2.47 bits per heavy atom. The van der Waals surface area contributed by atoms with Gasteiger partial charge < -0.3 is 15.0 Å². The zero-order chi connectivity index (χ0) is 22.1. The van der Waals surface area contributed by atoms with Crippen LogP contribution in [0.3, 0.4) is 0 Å². The third kappa shape index (κ3) is 4.09. The van der Waals surface area contributed by atoms with Gasteiger partial charge in [-0.25, -0.2) is 0 Å². The molecule has 2 atom stereocenters. The first-order valence-electron chi connectivity index (χ1n) is 10.2. The molecule has 0 amide bonds. The van der Waals surface area contributed by atoms with Gasteiger partial charge in [0.2, 0.25) is 0 Å². The minimum Gasteiger partial charge on any atom is -0.457 e. The van der Waals surface area contributed by atoms with Crippen LogP contribution in [0.2, 0.25) is 4.34 Å². The van der Waals surface area contributed by atoms with Gasteiger partial charge in [0.15, 0.2) is 5.11 Å². The summed E-state index contributed by atoms with van der Waals surface area (Å²) in [5, 5.41) is 4.12. The third-order valence-corrected chi connectivity index (χ3v) is 7.04. The summed E-state index contributed by atoms with van der Waals surface area (Å²) in [5.41, 5.74) is 3.01. The second-order valence-electron chi connectivity index (χ2n) is 7.50. The smallest absolute Gasteiger partial charge is 0.174 e. The number of nitrogens with one attached hydrogen (secondary N) is 1. The Bertz CT molecular complexity index is 1240. The van der Waals surface area contributed by atoms with Crippen molar-refractivity contribution in [3.8, 4) is 11.5 Å². The molecule has 1 aliphatic rings. The van der Waals surface area contributed by atoms with Gasteiger partial charge >= 0.3 is 0 Å². The van der Waals surface area contributed by atoms with Crippen LogP contribution in [0, 0.1) is 6.92 Å². The predicted octanol–water partition coefficient (Wildman–Crippen LogP) is 7.07. The van der Waals surface area contributed by atoms with Gasteiger partial charge in [0, 0.05) is 16.8 Å². The van der Waals surface area contributed by atoms with Crippen molar-refractivity contribution in [1.29, 1.82) is 0 Å². The molecule has 0 aliphatic carbocycles. The van der Waals surface area contributed by atoms with E-state index in [1.165, 1.54) is 0 Å². The highest BCUT2D eigenvalue weighted by molar-refractivity contribution is 7.80. The van der Waals surface area contributed by atoms with Gasteiger partial charge in [-0.1, -0.05) is 35.9 Å². The molecule has 2 aromatic carbocycles. The molecule has 1 fully saturated rings. The highest BCUT2D eigenvalue weighted by Crippen LogP contribution is 2.44. The zero-order valence-corrected chi connectivity index (χ0v) is 19.6. The Morgan fingerprint density at radius 2 is 1.78 bits per heavy atom. The number of hydrogen-bond donors (Lipinski definition) is 1. The van der Waals surface area contributed by atoms with Crippen LogP contribution in [-0.2, 0) is 0 Å². The Morgan fingerprint density at radius 1 is 1.00 bits per heavy atom. The van der Waals surface area contributed by atoms with Gasteiger partial charge in [0.25, 0.3) is 0 Å². The molecule has 0 bridgehead atoms. The zero-order valence-electron chi connectivity index (χ0n) is 17.2. The molecule has 160 valence electrons. The van der Waals surface area contributed by atoms with Gasteiger partial charge in [-0.2, -0.15) is 0 Å². The Balaban J connectivity index is 1.48. The standard InChI is InChI=1S/C25H20ClN3OS2/c1-16-6-2-3-8-20(16)30-18-11-9-17(10-12-18)29-24(21-13-14-22(26)32-21)23(28-25(29)31)19-7-4-5-15-27-19/h2-15,23-24H,1H3,(H,28,31)/t23-,24+/m0/s1. The Kier molecular flexibility index (Phi) is 5.83. The van der Waals surface area contributed by atoms with Crippen LogP contribution < -0.4 is 15.0 Å². The maximum atomic E-state index is 6.29. The molecule has 2 aromatic heterocycles. The van der Waals surface area contributed by atoms with E-state index in [4.69, 9.17) is 28.6 Å². The maximum Gasteiger partial charge on any atom is 0.174 e. The number of thiocarbonyl (C=S) groups is 1. The van der Waals surface area contributed by atoms with Crippen molar-refractivity contribution in [3.05, 3.63) is 106 Å². The molecule has 7 heteroatoms. The predicted molar refractivity (Wildman–Crippen MR) is 135 cm³/mol. The number of hydrogen-bond acceptors (Lipinski definition) is 4. The van der Waals surface area contributed by atoms with Crippen molar-refractivity contribution in [1.82, 2.24) is 10.3 Å². The van der Waals surface area contributed by atoms with Crippen LogP contribution in [0.25, 0.3) is 0 Å². The van der Waals surface area contributed by atoms with E-state index in [9.17, 15) is 0 Å². The fraction of sp³-hybridized carbons (Fsp3) is 0.120. The van der Waals surface area contributed by atoms with E-state index in [0.717, 1.165) is 37.7 Å². The van der Waals surface area contributed by atoms with Gasteiger partial charge in [-0.15, -0.1) is 11.3 Å². The van der Waals surface area contributed by atoms with E-state index in [2.05, 4.69) is 21.3 Å². The summed E-state index contributed by atoms with van der Waals surface area (Å²) in [6.45, 7) is 2.03. The molecule has 0 radical (unpaired) electrons. The van der Waals surface area contributed by atoms with Crippen LogP contribution in [0.15, 0.2) is 85.1 Å². The number of anilines is 1. The van der Waals surface area contributed by atoms with Crippen LogP contribution in [0.1, 0.15) is 28.2 Å². The molecule has 0 unspecified atom stereocenters. The van der Waals surface area contributed by atoms with E-state index >= 15 is 0 Å². The van der Waals surface area contributed by atoms with Crippen LogP contribution in [0.5, 0.6) is 11.5 Å². The third-order valence-electron chi connectivity index (χ3n) is 5.42. The lowest BCUT2D eigenvalue weighted by Crippen LogP contribution is -2.28. The normalized spacial score (nSPS) is 17.9. The Labute approximate surface area is 201 Å². The van der Waals surface area contributed by atoms with E-state index in [-0.39, 0.29) is 12.1 Å². The highest BCUT2D eigenvalue weighted by Gasteiger charge is 2.41. The molecule has 5 rings (SSSR count). The quantitative estimate of drug-likeness (QED) is 0.311. The van der Waals surface area contributed by atoms with Gasteiger partial charge in [-0.05, 0) is 79.3 Å². The van der Waals surface area contributed by atoms with Gasteiger partial charge in [0.1, 0.15) is 11.5 Å². The van der Waals surface area contributed by atoms with Crippen molar-refractivity contribution < 1.29 is 4.74 Å². The Hall–Kier alpha value is -2.93. The second kappa shape index (κ2) is 8.90. The summed E-state index contributed by atoms with van der Waals surface area (Å²) in [5.74, 6) is 1.62. The summed E-state index contributed by atoms with van der Waals surface area (Å²) in [6, 6.07) is 25.8. The molecule has 4 nitrogen and oxygen atoms in total. The highest BCUT2D eigenvalue weighted by atomic mass is 35.5. The fourth-order valence-corrected chi connectivity index (χ4v) is 5.42. The fourth-order valence-electron chi connectivity index (χ4n) is 3.88. The number of rotatable bonds is 5. The number of benzene rings is 2. The number of pyridine rings is 1. The largest absolute Gasteiger partial charge is 0.457 e. The summed E-state index contributed by atoms with van der Waals surface area (Å²) >= 11 is 13.6. The number of halogens is 1. The monoisotopic (exact) mass is 477 g/mol. The molecule has 0 saturated carbocycles. The summed E-state index contributed by atoms with van der Waals surface area (Å²) in [4.78, 5) is 7.83. The molecule has 4 aromatic rings. The van der Waals surface area contributed by atoms with Crippen molar-refractivity contribution in [2.75, 3.05) is 4.90 Å². The van der Waals surface area contributed by atoms with Crippen LogP contribution in [-0.4, -0.2) is 10.1 Å². The van der Waals surface area contributed by atoms with Gasteiger partial charge in [0.05, 0.1) is 22.1 Å². The van der Waals surface area contributed by atoms with Crippen molar-refractivity contribution in [2.24, 2.45) is 0 Å². The number of nitrogens with zero attached hydrogens (tertiary/aromatic N) is 2. The first kappa shape index (κ1) is 20.9. The molecular weight excluding hydrogens is 458 g/mol. The number of thiophene rings is 1. The van der Waals surface area contributed by atoms with Crippen molar-refractivity contribution in [3.63, 3.8) is 0 Å². The SMILES string of the molecule is Cc1ccccc1Oc1ccc(N2C(=S)N[C@@H](c3ccccn3)[C@H]2c2ccc(Cl)s2)cc1. The van der Waals surface area contributed by atoms with Crippen LogP contribution >= 0.6 is 35.2 Å². The summed E-state index contributed by atoms with van der Waals surface area (Å²) in [6.07, 6.45) is 1.80. The average Bonchev–Trinajstić information content (AvgIpc) is 3.39. The molecule has 0 spiro atoms. The lowest BCUT2D eigenvalue weighted by atomic mass is 10.0. The summed E-state index contributed by atoms with van der Waals surface area (Å²) in [7, 11) is 0.